The third kappa shape index (κ3) is 3.86. The molecular formula is C27H26N2O4. The van der Waals surface area contributed by atoms with E-state index in [1.807, 2.05) is 37.3 Å². The van der Waals surface area contributed by atoms with Crippen molar-refractivity contribution in [2.45, 2.75) is 26.2 Å². The molecule has 1 fully saturated rings. The van der Waals surface area contributed by atoms with Gasteiger partial charge in [0.15, 0.2) is 0 Å². The highest BCUT2D eigenvalue weighted by Gasteiger charge is 2.33. The maximum atomic E-state index is 13.2. The van der Waals surface area contributed by atoms with E-state index in [4.69, 9.17) is 4.74 Å². The van der Waals surface area contributed by atoms with E-state index in [1.165, 1.54) is 11.3 Å². The summed E-state index contributed by atoms with van der Waals surface area (Å²) in [5.41, 5.74) is 3.53. The van der Waals surface area contributed by atoms with Crippen LogP contribution in [-0.2, 0) is 4.74 Å². The van der Waals surface area contributed by atoms with Crippen molar-refractivity contribution in [3.8, 4) is 0 Å². The first-order valence-electron chi connectivity index (χ1n) is 11.5. The average Bonchev–Trinajstić information content (AvgIpc) is 2.84. The van der Waals surface area contributed by atoms with Crippen LogP contribution >= 0.6 is 0 Å². The molecule has 0 unspecified atom stereocenters. The van der Waals surface area contributed by atoms with Gasteiger partial charge < -0.3 is 9.64 Å². The van der Waals surface area contributed by atoms with E-state index in [9.17, 15) is 14.4 Å². The monoisotopic (exact) mass is 442 g/mol. The number of ether oxygens (including phenoxy) is 1. The third-order valence-electron chi connectivity index (χ3n) is 6.47. The molecule has 0 aliphatic carbocycles. The molecule has 2 aliphatic rings. The molecule has 0 atom stereocenters. The Labute approximate surface area is 192 Å². The van der Waals surface area contributed by atoms with Gasteiger partial charge in [-0.2, -0.15) is 0 Å². The number of esters is 1. The van der Waals surface area contributed by atoms with Crippen LogP contribution in [0.4, 0.5) is 5.69 Å². The van der Waals surface area contributed by atoms with Gasteiger partial charge in [-0.25, -0.2) is 4.79 Å². The Morgan fingerprint density at radius 2 is 1.64 bits per heavy atom. The van der Waals surface area contributed by atoms with Gasteiger partial charge >= 0.3 is 5.97 Å². The zero-order valence-electron chi connectivity index (χ0n) is 18.7. The number of imide groups is 1. The van der Waals surface area contributed by atoms with E-state index < -0.39 is 5.97 Å². The van der Waals surface area contributed by atoms with Gasteiger partial charge in [0.25, 0.3) is 11.8 Å². The largest absolute Gasteiger partial charge is 0.460 e. The lowest BCUT2D eigenvalue weighted by Gasteiger charge is -2.32. The predicted octanol–water partition coefficient (Wildman–Crippen LogP) is 4.59. The smallest absolute Gasteiger partial charge is 0.338 e. The molecule has 0 spiro atoms. The zero-order chi connectivity index (χ0) is 22.9. The fourth-order valence-electron chi connectivity index (χ4n) is 4.83. The van der Waals surface area contributed by atoms with Gasteiger partial charge in [0.05, 0.1) is 12.1 Å². The quantitative estimate of drug-likeness (QED) is 0.427. The molecule has 0 N–H and O–H groups in total. The second kappa shape index (κ2) is 8.70. The number of anilines is 1. The number of carbonyl (C=O) groups excluding carboxylic acids is 3. The van der Waals surface area contributed by atoms with Crippen molar-refractivity contribution in [2.75, 3.05) is 31.1 Å². The first kappa shape index (κ1) is 21.2. The van der Waals surface area contributed by atoms with Crippen LogP contribution in [0.2, 0.25) is 0 Å². The minimum atomic E-state index is -0.468. The minimum Gasteiger partial charge on any atom is -0.460 e. The molecule has 3 aromatic carbocycles. The summed E-state index contributed by atoms with van der Waals surface area (Å²) in [4.78, 5) is 42.3. The summed E-state index contributed by atoms with van der Waals surface area (Å²) >= 11 is 0. The van der Waals surface area contributed by atoms with Crippen LogP contribution in [0.25, 0.3) is 10.8 Å². The number of amides is 2. The zero-order valence-corrected chi connectivity index (χ0v) is 18.7. The maximum absolute atomic E-state index is 13.2. The fraction of sp³-hybridized carbons (Fsp3) is 0.296. The van der Waals surface area contributed by atoms with Crippen LogP contribution in [-0.4, -0.2) is 48.9 Å². The van der Waals surface area contributed by atoms with Gasteiger partial charge in [0.2, 0.25) is 0 Å². The molecule has 33 heavy (non-hydrogen) atoms. The van der Waals surface area contributed by atoms with Crippen LogP contribution in [0, 0.1) is 6.92 Å². The van der Waals surface area contributed by atoms with Crippen molar-refractivity contribution in [2.24, 2.45) is 0 Å². The van der Waals surface area contributed by atoms with Gasteiger partial charge in [-0.1, -0.05) is 29.8 Å². The molecule has 6 nitrogen and oxygen atoms in total. The van der Waals surface area contributed by atoms with Gasteiger partial charge in [0, 0.05) is 40.7 Å². The summed E-state index contributed by atoms with van der Waals surface area (Å²) in [5, 5.41) is 1.67. The summed E-state index contributed by atoms with van der Waals surface area (Å²) in [6, 6.07) is 16.6. The minimum absolute atomic E-state index is 0.0128. The van der Waals surface area contributed by atoms with Crippen LogP contribution < -0.4 is 4.90 Å². The molecule has 2 amide bonds. The highest BCUT2D eigenvalue weighted by atomic mass is 16.5. The van der Waals surface area contributed by atoms with Crippen molar-refractivity contribution in [3.63, 3.8) is 0 Å². The Kier molecular flexibility index (Phi) is 5.58. The number of hydrogen-bond acceptors (Lipinski definition) is 5. The lowest BCUT2D eigenvalue weighted by Crippen LogP contribution is -2.42. The van der Waals surface area contributed by atoms with Gasteiger partial charge in [-0.05, 0) is 56.5 Å². The summed E-state index contributed by atoms with van der Waals surface area (Å²) < 4.78 is 5.35. The standard InChI is InChI=1S/C27H26N2O4/c1-18-7-5-8-19(17-18)27(32)33-16-15-29-25(30)21-10-6-9-20-23(28-13-3-2-4-14-28)12-11-22(24(20)21)26(29)31/h5-12,17H,2-4,13-16H2,1H3. The molecule has 2 aliphatic heterocycles. The topological polar surface area (TPSA) is 66.9 Å². The van der Waals surface area contributed by atoms with Gasteiger partial charge in [0.1, 0.15) is 6.61 Å². The Morgan fingerprint density at radius 1 is 0.909 bits per heavy atom. The molecule has 0 aromatic heterocycles. The summed E-state index contributed by atoms with van der Waals surface area (Å²) in [6.07, 6.45) is 3.53. The van der Waals surface area contributed by atoms with Crippen molar-refractivity contribution >= 4 is 34.2 Å². The first-order valence-corrected chi connectivity index (χ1v) is 11.5. The predicted molar refractivity (Wildman–Crippen MR) is 127 cm³/mol. The Bertz CT molecular complexity index is 1240. The molecular weight excluding hydrogens is 416 g/mol. The number of benzene rings is 3. The van der Waals surface area contributed by atoms with Crippen LogP contribution in [0.3, 0.4) is 0 Å². The lowest BCUT2D eigenvalue weighted by molar-refractivity contribution is 0.0405. The Hall–Kier alpha value is -3.67. The van der Waals surface area contributed by atoms with Gasteiger partial charge in [-0.15, -0.1) is 0 Å². The normalized spacial score (nSPS) is 15.8. The third-order valence-corrected chi connectivity index (χ3v) is 6.47. The highest BCUT2D eigenvalue weighted by Crippen LogP contribution is 2.36. The van der Waals surface area contributed by atoms with Crippen molar-refractivity contribution in [3.05, 3.63) is 76.9 Å². The van der Waals surface area contributed by atoms with Crippen molar-refractivity contribution in [1.82, 2.24) is 4.90 Å². The Morgan fingerprint density at radius 3 is 2.39 bits per heavy atom. The maximum Gasteiger partial charge on any atom is 0.338 e. The van der Waals surface area contributed by atoms with E-state index >= 15 is 0 Å². The molecule has 0 radical (unpaired) electrons. The van der Waals surface area contributed by atoms with E-state index in [0.717, 1.165) is 48.0 Å². The number of piperidine rings is 1. The SMILES string of the molecule is Cc1cccc(C(=O)OCCN2C(=O)c3cccc4c(N5CCCCC5)ccc(c34)C2=O)c1. The van der Waals surface area contributed by atoms with Crippen molar-refractivity contribution in [1.29, 1.82) is 0 Å². The summed E-state index contributed by atoms with van der Waals surface area (Å²) in [7, 11) is 0. The molecule has 6 heteroatoms. The molecule has 168 valence electrons. The number of rotatable bonds is 5. The molecule has 0 bridgehead atoms. The fourth-order valence-corrected chi connectivity index (χ4v) is 4.83. The second-order valence-electron chi connectivity index (χ2n) is 8.68. The average molecular weight is 443 g/mol. The second-order valence-corrected chi connectivity index (χ2v) is 8.68. The summed E-state index contributed by atoms with van der Waals surface area (Å²) in [6.45, 7) is 3.83. The number of hydrogen-bond donors (Lipinski definition) is 0. The van der Waals surface area contributed by atoms with E-state index in [0.29, 0.717) is 16.7 Å². The van der Waals surface area contributed by atoms with E-state index in [-0.39, 0.29) is 25.0 Å². The molecule has 3 aromatic rings. The Balaban J connectivity index is 1.38. The number of nitrogens with zero attached hydrogens (tertiary/aromatic N) is 2. The summed E-state index contributed by atoms with van der Waals surface area (Å²) in [5.74, 6) is -1.16. The van der Waals surface area contributed by atoms with Crippen molar-refractivity contribution < 1.29 is 19.1 Å². The molecule has 0 saturated carbocycles. The number of aryl methyl sites for hydroxylation is 1. The lowest BCUT2D eigenvalue weighted by atomic mass is 9.92. The first-order chi connectivity index (χ1) is 16.0. The van der Waals surface area contributed by atoms with E-state index in [1.54, 1.807) is 24.3 Å². The van der Waals surface area contributed by atoms with Gasteiger partial charge in [-0.3, -0.25) is 14.5 Å². The van der Waals surface area contributed by atoms with Crippen LogP contribution in [0.1, 0.15) is 55.9 Å². The van der Waals surface area contributed by atoms with E-state index in [2.05, 4.69) is 4.90 Å². The number of carbonyl (C=O) groups is 3. The molecule has 5 rings (SSSR count). The van der Waals surface area contributed by atoms with Crippen LogP contribution in [0.5, 0.6) is 0 Å². The molecule has 1 saturated heterocycles. The molecule has 2 heterocycles. The van der Waals surface area contributed by atoms with Crippen LogP contribution in [0.15, 0.2) is 54.6 Å². The highest BCUT2D eigenvalue weighted by molar-refractivity contribution is 6.26.